The summed E-state index contributed by atoms with van der Waals surface area (Å²) < 4.78 is 152. The zero-order valence-electron chi connectivity index (χ0n) is 62.1. The van der Waals surface area contributed by atoms with Crippen molar-refractivity contribution in [1.82, 2.24) is 14.7 Å². The van der Waals surface area contributed by atoms with E-state index < -0.39 is 211 Å². The summed E-state index contributed by atoms with van der Waals surface area (Å²) in [6.45, 7) is 29.8. The topological polar surface area (TPSA) is 373 Å². The van der Waals surface area contributed by atoms with Gasteiger partial charge in [0.05, 0.1) is 50.8 Å². The first-order valence-electron chi connectivity index (χ1n) is 32.7. The lowest BCUT2D eigenvalue weighted by Gasteiger charge is -2.32. The molecule has 12 atom stereocenters. The molecule has 30 nitrogen and oxygen atoms in total. The summed E-state index contributed by atoms with van der Waals surface area (Å²) in [7, 11) is 0. The van der Waals surface area contributed by atoms with Crippen molar-refractivity contribution in [2.24, 2.45) is 0 Å². The van der Waals surface area contributed by atoms with Crippen LogP contribution in [0.3, 0.4) is 0 Å². The molecule has 36 heteroatoms. The highest BCUT2D eigenvalue weighted by atomic mass is 19.4. The minimum atomic E-state index is -4.55. The third-order valence-electron chi connectivity index (χ3n) is 13.4. The minimum absolute atomic E-state index is 0.00381. The predicted octanol–water partition coefficient (Wildman–Crippen LogP) is 9.84. The minimum Gasteiger partial charge on any atom is -0.485 e. The molecule has 3 saturated heterocycles. The van der Waals surface area contributed by atoms with Gasteiger partial charge in [-0.2, -0.15) is 41.0 Å². The van der Waals surface area contributed by atoms with E-state index in [0.717, 1.165) is 48.5 Å². The SMILES string of the molecule is C[C@@H]1OC(=O)[C@@H](N(C(=O)OC(C)(C)C)C(=O)OC(C)(C)C)COC[C@H](O)[C@H]1O.C[C@@H]1OC(=O)[C@@H](N(C(=O)OC(C)(C)C)C(=O)OC(C)(C)C)COC[C@H](O)[C@H]1Oc1ccc(C(F)(F)F)cc1.C[C@@H]1OC(=O)[C@@H](N(C(=O)OC(C)(C)C)C(=O)OC(C)(C)C)COC[C@H](Oc2ccc(C(F)(F)F)cc2)[C@H]1O. The molecule has 0 unspecified atom stereocenters. The number of nitrogens with zero attached hydrogens (tertiary/aromatic N) is 3. The number of cyclic esters (lactones) is 3. The molecule has 0 spiro atoms. The number of ether oxygens (including phenoxy) is 14. The van der Waals surface area contributed by atoms with Crippen molar-refractivity contribution >= 4 is 54.5 Å². The second-order valence-corrected chi connectivity index (χ2v) is 30.0. The molecule has 0 aliphatic carbocycles. The van der Waals surface area contributed by atoms with Gasteiger partial charge in [0.2, 0.25) is 0 Å². The Morgan fingerprint density at radius 1 is 0.365 bits per heavy atom. The molecule has 2 aromatic carbocycles. The molecule has 5 rings (SSSR count). The van der Waals surface area contributed by atoms with Gasteiger partial charge >= 0.3 is 66.8 Å². The van der Waals surface area contributed by atoms with Crippen molar-refractivity contribution in [1.29, 1.82) is 0 Å². The molecule has 104 heavy (non-hydrogen) atoms. The van der Waals surface area contributed by atoms with E-state index in [1.54, 1.807) is 125 Å². The quantitative estimate of drug-likeness (QED) is 0.114. The highest BCUT2D eigenvalue weighted by molar-refractivity contribution is 5.96. The number of carbonyl (C=O) groups is 9. The fourth-order valence-electron chi connectivity index (χ4n) is 8.76. The van der Waals surface area contributed by atoms with Gasteiger partial charge in [0.1, 0.15) is 87.8 Å². The highest BCUT2D eigenvalue weighted by Crippen LogP contribution is 2.34. The first-order valence-corrected chi connectivity index (χ1v) is 32.7. The Bertz CT molecular complexity index is 3060. The number of rotatable bonds is 7. The van der Waals surface area contributed by atoms with E-state index in [0.29, 0.717) is 14.7 Å². The van der Waals surface area contributed by atoms with Crippen LogP contribution in [0, 0.1) is 0 Å². The molecule has 0 aromatic heterocycles. The van der Waals surface area contributed by atoms with Crippen LogP contribution in [0.15, 0.2) is 48.5 Å². The van der Waals surface area contributed by atoms with Crippen LogP contribution in [0.2, 0.25) is 0 Å². The number of halogens is 6. The van der Waals surface area contributed by atoms with Crippen LogP contribution in [0.4, 0.5) is 55.1 Å². The second kappa shape index (κ2) is 36.3. The monoisotopic (exact) mass is 1500 g/mol. The summed E-state index contributed by atoms with van der Waals surface area (Å²) in [6, 6.07) is 2.72. The van der Waals surface area contributed by atoms with Crippen LogP contribution in [0.25, 0.3) is 0 Å². The predicted molar refractivity (Wildman–Crippen MR) is 349 cm³/mol. The third kappa shape index (κ3) is 30.2. The zero-order valence-corrected chi connectivity index (χ0v) is 62.1. The van der Waals surface area contributed by atoms with Gasteiger partial charge in [0, 0.05) is 0 Å². The average molecular weight is 1500 g/mol. The van der Waals surface area contributed by atoms with E-state index in [1.807, 2.05) is 0 Å². The summed E-state index contributed by atoms with van der Waals surface area (Å²) in [5, 5.41) is 41.1. The van der Waals surface area contributed by atoms with Gasteiger partial charge in [-0.15, -0.1) is 0 Å². The van der Waals surface area contributed by atoms with E-state index in [2.05, 4.69) is 0 Å². The summed E-state index contributed by atoms with van der Waals surface area (Å²) in [4.78, 5) is 117. The standard InChI is InChI=1S/2C25H34F3NO9.C18H31NO9/c1-14-19(30)18(36-16-10-8-15(9-11-16)25(26,27)28)13-34-12-17(20(31)35-14)29(21(32)37-23(2,3)4)22(33)38-24(5,6)7;1-14-19(36-16-10-8-15(9-11-16)25(26,27)28)18(30)13-34-12-17(20(31)35-14)29(21(32)37-23(2,3)4)22(33)38-24(5,6)7;1-10-13(21)12(20)9-25-8-11(14(22)26-10)19(15(23)27-17(2,3)4)16(24)28-18(5,6)7/h2*8-11,14,17-19,30H,12-13H2,1-7H3;10-13,20-21H,8-9H2,1-7H3/t2*14-,17-,18-,19-;10-,11-,12-,13-/m000/s1. The number of amides is 6. The maximum absolute atomic E-state index is 13.1. The molecule has 4 N–H and O–H groups in total. The van der Waals surface area contributed by atoms with E-state index in [-0.39, 0.29) is 24.7 Å². The smallest absolute Gasteiger partial charge is 0.420 e. The number of aliphatic hydroxyl groups excluding tert-OH is 4. The van der Waals surface area contributed by atoms with Crippen LogP contribution in [0.1, 0.15) is 157 Å². The first-order chi connectivity index (χ1) is 47.2. The van der Waals surface area contributed by atoms with Gasteiger partial charge in [-0.25, -0.2) is 43.2 Å². The Labute approximate surface area is 598 Å². The van der Waals surface area contributed by atoms with Gasteiger partial charge in [0.25, 0.3) is 0 Å². The molecule has 3 heterocycles. The summed E-state index contributed by atoms with van der Waals surface area (Å²) in [5.41, 5.74) is -7.76. The lowest BCUT2D eigenvalue weighted by molar-refractivity contribution is -0.162. The van der Waals surface area contributed by atoms with Crippen LogP contribution < -0.4 is 9.47 Å². The van der Waals surface area contributed by atoms with E-state index >= 15 is 0 Å². The number of carbonyl (C=O) groups excluding carboxylic acids is 9. The van der Waals surface area contributed by atoms with Gasteiger partial charge in [-0.1, -0.05) is 0 Å². The summed E-state index contributed by atoms with van der Waals surface area (Å²) in [6.07, 6.45) is -27.5. The van der Waals surface area contributed by atoms with Crippen molar-refractivity contribution in [3.8, 4) is 11.5 Å². The van der Waals surface area contributed by atoms with Gasteiger partial charge in [-0.05, 0) is 194 Å². The molecule has 3 aliphatic heterocycles. The number of aliphatic hydroxyl groups is 4. The van der Waals surface area contributed by atoms with E-state index in [1.165, 1.54) is 20.8 Å². The Hall–Kier alpha value is -8.03. The van der Waals surface area contributed by atoms with Gasteiger partial charge in [0.15, 0.2) is 30.3 Å². The van der Waals surface area contributed by atoms with Crippen LogP contribution in [0.5, 0.6) is 11.5 Å². The van der Waals surface area contributed by atoms with Crippen molar-refractivity contribution in [3.05, 3.63) is 59.7 Å². The molecule has 590 valence electrons. The molecular formula is C68H99F6N3O27. The molecule has 6 amide bonds. The maximum atomic E-state index is 13.1. The molecule has 0 bridgehead atoms. The Morgan fingerprint density at radius 3 is 0.894 bits per heavy atom. The van der Waals surface area contributed by atoms with Crippen LogP contribution in [-0.4, -0.2) is 236 Å². The number of imide groups is 3. The van der Waals surface area contributed by atoms with Gasteiger partial charge in [-0.3, -0.25) is 0 Å². The lowest BCUT2D eigenvalue weighted by atomic mass is 10.1. The van der Waals surface area contributed by atoms with E-state index in [4.69, 9.17) is 66.3 Å². The number of esters is 3. The summed E-state index contributed by atoms with van der Waals surface area (Å²) >= 11 is 0. The number of hydrogen-bond donors (Lipinski definition) is 4. The largest absolute Gasteiger partial charge is 0.485 e. The Kier molecular flexibility index (Phi) is 31.5. The average Bonchev–Trinajstić information content (AvgIpc) is 1.41. The normalized spacial score (nSPS) is 24.3. The lowest BCUT2D eigenvalue weighted by Crippen LogP contribution is -2.54. The fraction of sp³-hybridized carbons (Fsp3) is 0.691. The van der Waals surface area contributed by atoms with Crippen molar-refractivity contribution in [3.63, 3.8) is 0 Å². The van der Waals surface area contributed by atoms with Crippen LogP contribution in [-0.2, 0) is 83.6 Å². The molecule has 3 fully saturated rings. The van der Waals surface area contributed by atoms with Crippen molar-refractivity contribution in [2.75, 3.05) is 39.6 Å². The maximum Gasteiger partial charge on any atom is 0.420 e. The molecule has 3 aliphatic rings. The first kappa shape index (κ1) is 90.2. The van der Waals surface area contributed by atoms with Gasteiger partial charge < -0.3 is 86.7 Å². The number of alkyl halides is 6. The third-order valence-corrected chi connectivity index (χ3v) is 13.4. The van der Waals surface area contributed by atoms with Crippen molar-refractivity contribution in [2.45, 2.75) is 264 Å². The molecule has 0 radical (unpaired) electrons. The fourth-order valence-corrected chi connectivity index (χ4v) is 8.76. The Balaban J connectivity index is 0.000000411. The second-order valence-electron chi connectivity index (χ2n) is 30.0. The highest BCUT2D eigenvalue weighted by Gasteiger charge is 2.48. The summed E-state index contributed by atoms with van der Waals surface area (Å²) in [5.74, 6) is -3.18. The Morgan fingerprint density at radius 2 is 0.615 bits per heavy atom. The van der Waals surface area contributed by atoms with E-state index in [9.17, 15) is 89.9 Å². The van der Waals surface area contributed by atoms with Crippen LogP contribution >= 0.6 is 0 Å². The van der Waals surface area contributed by atoms with Crippen molar-refractivity contribution < 1.29 is 156 Å². The molecular weight excluding hydrogens is 1400 g/mol. The number of benzene rings is 2. The number of hydrogen-bond acceptors (Lipinski definition) is 27. The molecule has 0 saturated carbocycles. The zero-order chi connectivity index (χ0) is 80.0. The molecule has 2 aromatic rings.